The molecule has 2 nitrogen and oxygen atoms in total. The Morgan fingerprint density at radius 1 is 1.16 bits per heavy atom. The number of aliphatic hydroxyl groups is 1. The number of nitrogens with one attached hydrogen (secondary N) is 1. The number of halogens is 3. The van der Waals surface area contributed by atoms with Crippen molar-refractivity contribution in [1.82, 2.24) is 5.32 Å². The van der Waals surface area contributed by atoms with Gasteiger partial charge in [-0.05, 0) is 24.5 Å². The van der Waals surface area contributed by atoms with Crippen LogP contribution in [-0.4, -0.2) is 17.8 Å². The number of rotatable bonds is 5. The summed E-state index contributed by atoms with van der Waals surface area (Å²) in [4.78, 5) is 0. The van der Waals surface area contributed by atoms with Crippen LogP contribution in [0.2, 0.25) is 0 Å². The van der Waals surface area contributed by atoms with E-state index in [1.165, 1.54) is 12.1 Å². The molecule has 0 radical (unpaired) electrons. The van der Waals surface area contributed by atoms with Crippen LogP contribution in [0.4, 0.5) is 13.2 Å². The molecule has 2 N–H and O–H groups in total. The van der Waals surface area contributed by atoms with Gasteiger partial charge in [-0.2, -0.15) is 13.2 Å². The second kappa shape index (κ2) is 6.39. The van der Waals surface area contributed by atoms with E-state index < -0.39 is 17.8 Å². The predicted octanol–water partition coefficient (Wildman–Crippen LogP) is 3.37. The average Bonchev–Trinajstić information content (AvgIpc) is 2.34. The quantitative estimate of drug-likeness (QED) is 0.863. The molecule has 0 aliphatic carbocycles. The van der Waals surface area contributed by atoms with E-state index in [1.54, 1.807) is 13.0 Å². The fourth-order valence-corrected chi connectivity index (χ4v) is 2.00. The van der Waals surface area contributed by atoms with Gasteiger partial charge in [-0.25, -0.2) is 0 Å². The van der Waals surface area contributed by atoms with Crippen LogP contribution in [0.25, 0.3) is 0 Å². The Hall–Kier alpha value is -1.07. The monoisotopic (exact) mass is 275 g/mol. The van der Waals surface area contributed by atoms with Crippen molar-refractivity contribution in [1.29, 1.82) is 0 Å². The van der Waals surface area contributed by atoms with Crippen LogP contribution in [-0.2, 0) is 6.18 Å². The van der Waals surface area contributed by atoms with E-state index in [-0.39, 0.29) is 24.1 Å². The first kappa shape index (κ1) is 16.0. The highest BCUT2D eigenvalue weighted by Crippen LogP contribution is 2.34. The van der Waals surface area contributed by atoms with E-state index in [2.05, 4.69) is 5.32 Å². The van der Waals surface area contributed by atoms with Crippen LogP contribution >= 0.6 is 0 Å². The lowest BCUT2D eigenvalue weighted by atomic mass is 9.98. The van der Waals surface area contributed by atoms with Crippen molar-refractivity contribution >= 4 is 0 Å². The molecule has 1 aromatic carbocycles. The van der Waals surface area contributed by atoms with Gasteiger partial charge < -0.3 is 10.4 Å². The smallest absolute Gasteiger partial charge is 0.395 e. The number of benzene rings is 1. The van der Waals surface area contributed by atoms with Crippen molar-refractivity contribution < 1.29 is 18.3 Å². The number of alkyl halides is 3. The molecule has 0 aliphatic heterocycles. The van der Waals surface area contributed by atoms with Crippen molar-refractivity contribution in [3.8, 4) is 0 Å². The van der Waals surface area contributed by atoms with E-state index >= 15 is 0 Å². The second-order valence-electron chi connectivity index (χ2n) is 5.01. The molecule has 0 spiro atoms. The predicted molar refractivity (Wildman–Crippen MR) is 68.7 cm³/mol. The SMILES string of the molecule is CC(NC(CO)C(C)C)c1ccccc1C(F)(F)F. The number of hydrogen-bond acceptors (Lipinski definition) is 2. The third-order valence-electron chi connectivity index (χ3n) is 3.20. The van der Waals surface area contributed by atoms with Gasteiger partial charge in [-0.1, -0.05) is 32.0 Å². The van der Waals surface area contributed by atoms with Crippen LogP contribution in [0.5, 0.6) is 0 Å². The Bertz CT molecular complexity index is 404. The highest BCUT2D eigenvalue weighted by molar-refractivity contribution is 5.32. The van der Waals surface area contributed by atoms with Crippen LogP contribution in [0.3, 0.4) is 0 Å². The molecule has 5 heteroatoms. The Morgan fingerprint density at radius 2 is 1.74 bits per heavy atom. The summed E-state index contributed by atoms with van der Waals surface area (Å²) in [5, 5.41) is 12.3. The Labute approximate surface area is 111 Å². The first-order chi connectivity index (χ1) is 8.77. The third-order valence-corrected chi connectivity index (χ3v) is 3.20. The van der Waals surface area contributed by atoms with Crippen molar-refractivity contribution in [2.45, 2.75) is 39.0 Å². The molecular formula is C14H20F3NO. The summed E-state index contributed by atoms with van der Waals surface area (Å²) in [5.74, 6) is 0.144. The molecule has 0 fully saturated rings. The van der Waals surface area contributed by atoms with Crippen LogP contribution in [0.1, 0.15) is 37.9 Å². The molecule has 19 heavy (non-hydrogen) atoms. The van der Waals surface area contributed by atoms with E-state index in [4.69, 9.17) is 0 Å². The summed E-state index contributed by atoms with van der Waals surface area (Å²) in [6, 6.07) is 4.82. The van der Waals surface area contributed by atoms with E-state index in [0.29, 0.717) is 0 Å². The fourth-order valence-electron chi connectivity index (χ4n) is 2.00. The average molecular weight is 275 g/mol. The Morgan fingerprint density at radius 3 is 2.21 bits per heavy atom. The molecule has 0 aliphatic rings. The zero-order valence-electron chi connectivity index (χ0n) is 11.3. The Kier molecular flexibility index (Phi) is 5.38. The van der Waals surface area contributed by atoms with Crippen molar-refractivity contribution in [3.05, 3.63) is 35.4 Å². The zero-order valence-corrected chi connectivity index (χ0v) is 11.3. The summed E-state index contributed by atoms with van der Waals surface area (Å²) in [7, 11) is 0. The van der Waals surface area contributed by atoms with Gasteiger partial charge in [-0.3, -0.25) is 0 Å². The molecule has 0 saturated carbocycles. The molecule has 0 saturated heterocycles. The largest absolute Gasteiger partial charge is 0.416 e. The van der Waals surface area contributed by atoms with Crippen LogP contribution < -0.4 is 5.32 Å². The first-order valence-electron chi connectivity index (χ1n) is 6.30. The van der Waals surface area contributed by atoms with Gasteiger partial charge >= 0.3 is 6.18 Å². The summed E-state index contributed by atoms with van der Waals surface area (Å²) < 4.78 is 38.7. The van der Waals surface area contributed by atoms with Crippen molar-refractivity contribution in [2.75, 3.05) is 6.61 Å². The standard InChI is InChI=1S/C14H20F3NO/c1-9(2)13(8-19)18-10(3)11-6-4-5-7-12(11)14(15,16)17/h4-7,9-10,13,18-19H,8H2,1-3H3. The van der Waals surface area contributed by atoms with Gasteiger partial charge in [0, 0.05) is 12.1 Å². The summed E-state index contributed by atoms with van der Waals surface area (Å²) in [6.45, 7) is 5.40. The van der Waals surface area contributed by atoms with E-state index in [9.17, 15) is 18.3 Å². The lowest BCUT2D eigenvalue weighted by molar-refractivity contribution is -0.138. The molecule has 1 rings (SSSR count). The normalized spacial score (nSPS) is 15.6. The zero-order chi connectivity index (χ0) is 14.6. The molecule has 1 aromatic rings. The lowest BCUT2D eigenvalue weighted by Crippen LogP contribution is -2.39. The Balaban J connectivity index is 2.97. The number of hydrogen-bond donors (Lipinski definition) is 2. The fraction of sp³-hybridized carbons (Fsp3) is 0.571. The maximum Gasteiger partial charge on any atom is 0.416 e. The van der Waals surface area contributed by atoms with Gasteiger partial charge in [-0.15, -0.1) is 0 Å². The molecule has 2 atom stereocenters. The van der Waals surface area contributed by atoms with Gasteiger partial charge in [0.05, 0.1) is 12.2 Å². The topological polar surface area (TPSA) is 32.3 Å². The van der Waals surface area contributed by atoms with Crippen molar-refractivity contribution in [3.63, 3.8) is 0 Å². The number of aliphatic hydroxyl groups excluding tert-OH is 1. The van der Waals surface area contributed by atoms with E-state index in [0.717, 1.165) is 6.07 Å². The maximum atomic E-state index is 12.9. The maximum absolute atomic E-state index is 12.9. The summed E-state index contributed by atoms with van der Waals surface area (Å²) >= 11 is 0. The van der Waals surface area contributed by atoms with Gasteiger partial charge in [0.15, 0.2) is 0 Å². The molecule has 0 bridgehead atoms. The molecule has 2 unspecified atom stereocenters. The minimum atomic E-state index is -4.36. The van der Waals surface area contributed by atoms with Crippen LogP contribution in [0.15, 0.2) is 24.3 Å². The molecule has 0 heterocycles. The third kappa shape index (κ3) is 4.21. The van der Waals surface area contributed by atoms with Gasteiger partial charge in [0.1, 0.15) is 0 Å². The second-order valence-corrected chi connectivity index (χ2v) is 5.01. The minimum Gasteiger partial charge on any atom is -0.395 e. The van der Waals surface area contributed by atoms with E-state index in [1.807, 2.05) is 13.8 Å². The molecule has 108 valence electrons. The van der Waals surface area contributed by atoms with Crippen molar-refractivity contribution in [2.24, 2.45) is 5.92 Å². The highest BCUT2D eigenvalue weighted by Gasteiger charge is 2.34. The highest BCUT2D eigenvalue weighted by atomic mass is 19.4. The first-order valence-corrected chi connectivity index (χ1v) is 6.30. The minimum absolute atomic E-state index is 0.101. The summed E-state index contributed by atoms with van der Waals surface area (Å²) in [5.41, 5.74) is -0.426. The van der Waals surface area contributed by atoms with Crippen LogP contribution in [0, 0.1) is 5.92 Å². The summed E-state index contributed by atoms with van der Waals surface area (Å²) in [6.07, 6.45) is -4.36. The van der Waals surface area contributed by atoms with Gasteiger partial charge in [0.2, 0.25) is 0 Å². The molecular weight excluding hydrogens is 255 g/mol. The van der Waals surface area contributed by atoms with Gasteiger partial charge in [0.25, 0.3) is 0 Å². The molecule has 0 aromatic heterocycles. The lowest BCUT2D eigenvalue weighted by Gasteiger charge is -2.26. The molecule has 0 amide bonds.